The first-order valence-electron chi connectivity index (χ1n) is 9.57. The van der Waals surface area contributed by atoms with E-state index in [4.69, 9.17) is 23.2 Å². The molecule has 0 aliphatic carbocycles. The number of rotatable bonds is 4. The number of benzene rings is 2. The van der Waals surface area contributed by atoms with Gasteiger partial charge in [0.1, 0.15) is 5.15 Å². The van der Waals surface area contributed by atoms with Crippen molar-refractivity contribution in [1.29, 1.82) is 0 Å². The van der Waals surface area contributed by atoms with E-state index in [0.29, 0.717) is 23.8 Å². The highest BCUT2D eigenvalue weighted by atomic mass is 35.5. The maximum atomic E-state index is 12.8. The Morgan fingerprint density at radius 1 is 0.828 bits per heavy atom. The molecular weight excluding hydrogens is 405 g/mol. The van der Waals surface area contributed by atoms with Crippen molar-refractivity contribution in [1.82, 2.24) is 14.8 Å². The molecule has 1 unspecified atom stereocenters. The lowest BCUT2D eigenvalue weighted by atomic mass is 9.96. The molecular formula is C23H21Cl2N3O. The van der Waals surface area contributed by atoms with E-state index in [1.165, 1.54) is 17.3 Å². The van der Waals surface area contributed by atoms with Gasteiger partial charge in [-0.1, -0.05) is 65.7 Å². The SMILES string of the molecule is O=C(c1ccc(Cl)nc1)N1CCN(C(c2ccccc2)c2ccc(Cl)cc2)CC1. The average molecular weight is 426 g/mol. The lowest BCUT2D eigenvalue weighted by molar-refractivity contribution is 0.0597. The van der Waals surface area contributed by atoms with Gasteiger partial charge in [-0.2, -0.15) is 0 Å². The highest BCUT2D eigenvalue weighted by molar-refractivity contribution is 6.30. The Morgan fingerprint density at radius 3 is 2.10 bits per heavy atom. The number of amides is 1. The van der Waals surface area contributed by atoms with Crippen LogP contribution in [0.4, 0.5) is 0 Å². The molecule has 1 aromatic heterocycles. The molecule has 1 saturated heterocycles. The van der Waals surface area contributed by atoms with E-state index in [1.54, 1.807) is 12.1 Å². The summed E-state index contributed by atoms with van der Waals surface area (Å²) in [6.45, 7) is 2.90. The van der Waals surface area contributed by atoms with Crippen LogP contribution in [-0.4, -0.2) is 46.9 Å². The fourth-order valence-corrected chi connectivity index (χ4v) is 4.00. The molecule has 29 heavy (non-hydrogen) atoms. The number of aromatic nitrogens is 1. The molecule has 4 rings (SSSR count). The predicted octanol–water partition coefficient (Wildman–Crippen LogP) is 4.94. The molecule has 0 bridgehead atoms. The van der Waals surface area contributed by atoms with Gasteiger partial charge in [0, 0.05) is 37.4 Å². The number of piperazine rings is 1. The number of pyridine rings is 1. The lowest BCUT2D eigenvalue weighted by Crippen LogP contribution is -2.49. The Morgan fingerprint density at radius 2 is 1.48 bits per heavy atom. The molecule has 4 nitrogen and oxygen atoms in total. The predicted molar refractivity (Wildman–Crippen MR) is 116 cm³/mol. The number of hydrogen-bond donors (Lipinski definition) is 0. The van der Waals surface area contributed by atoms with Crippen molar-refractivity contribution >= 4 is 29.1 Å². The smallest absolute Gasteiger partial charge is 0.255 e. The zero-order valence-corrected chi connectivity index (χ0v) is 17.4. The second kappa shape index (κ2) is 8.95. The lowest BCUT2D eigenvalue weighted by Gasteiger charge is -2.39. The Balaban J connectivity index is 1.51. The molecule has 148 valence electrons. The van der Waals surface area contributed by atoms with E-state index in [9.17, 15) is 4.79 Å². The molecule has 6 heteroatoms. The Labute approximate surface area is 180 Å². The van der Waals surface area contributed by atoms with Gasteiger partial charge in [-0.3, -0.25) is 9.69 Å². The van der Waals surface area contributed by atoms with Gasteiger partial charge in [-0.25, -0.2) is 4.98 Å². The first-order chi connectivity index (χ1) is 14.1. The monoisotopic (exact) mass is 425 g/mol. The summed E-state index contributed by atoms with van der Waals surface area (Å²) in [7, 11) is 0. The maximum absolute atomic E-state index is 12.8. The normalized spacial score (nSPS) is 15.9. The van der Waals surface area contributed by atoms with E-state index >= 15 is 0 Å². The van der Waals surface area contributed by atoms with E-state index in [1.807, 2.05) is 23.1 Å². The van der Waals surface area contributed by atoms with Crippen LogP contribution in [0.1, 0.15) is 27.5 Å². The molecule has 1 aliphatic heterocycles. The van der Waals surface area contributed by atoms with E-state index in [-0.39, 0.29) is 11.9 Å². The number of hydrogen-bond acceptors (Lipinski definition) is 3. The van der Waals surface area contributed by atoms with Crippen molar-refractivity contribution in [2.75, 3.05) is 26.2 Å². The Bertz CT molecular complexity index is 954. The first-order valence-corrected chi connectivity index (χ1v) is 10.3. The Kier molecular flexibility index (Phi) is 6.14. The van der Waals surface area contributed by atoms with Crippen molar-refractivity contribution < 1.29 is 4.79 Å². The summed E-state index contributed by atoms with van der Waals surface area (Å²) in [6, 6.07) is 22.0. The molecule has 0 radical (unpaired) electrons. The highest BCUT2D eigenvalue weighted by Gasteiger charge is 2.28. The summed E-state index contributed by atoms with van der Waals surface area (Å²) in [5.41, 5.74) is 3.00. The molecule has 3 aromatic rings. The fourth-order valence-electron chi connectivity index (χ4n) is 3.76. The van der Waals surface area contributed by atoms with Crippen LogP contribution >= 0.6 is 23.2 Å². The molecule has 2 aromatic carbocycles. The minimum Gasteiger partial charge on any atom is -0.336 e. The molecule has 0 saturated carbocycles. The third-order valence-corrected chi connectivity index (χ3v) is 5.72. The summed E-state index contributed by atoms with van der Waals surface area (Å²) in [6.07, 6.45) is 1.54. The highest BCUT2D eigenvalue weighted by Crippen LogP contribution is 2.30. The quantitative estimate of drug-likeness (QED) is 0.555. The number of nitrogens with zero attached hydrogens (tertiary/aromatic N) is 3. The second-order valence-electron chi connectivity index (χ2n) is 7.06. The van der Waals surface area contributed by atoms with Gasteiger partial charge in [0.15, 0.2) is 0 Å². The summed E-state index contributed by atoms with van der Waals surface area (Å²) < 4.78 is 0. The minimum absolute atomic E-state index is 0.00318. The summed E-state index contributed by atoms with van der Waals surface area (Å²) in [5, 5.41) is 1.12. The number of carbonyl (C=O) groups excluding carboxylic acids is 1. The molecule has 0 N–H and O–H groups in total. The van der Waals surface area contributed by atoms with E-state index < -0.39 is 0 Å². The number of halogens is 2. The van der Waals surface area contributed by atoms with Crippen LogP contribution < -0.4 is 0 Å². The first kappa shape index (κ1) is 19.9. The van der Waals surface area contributed by atoms with Gasteiger partial charge in [0.05, 0.1) is 11.6 Å². The molecule has 1 aliphatic rings. The molecule has 0 spiro atoms. The number of carbonyl (C=O) groups is 1. The van der Waals surface area contributed by atoms with Crippen LogP contribution in [0.5, 0.6) is 0 Å². The van der Waals surface area contributed by atoms with Crippen molar-refractivity contribution in [2.45, 2.75) is 6.04 Å². The zero-order valence-electron chi connectivity index (χ0n) is 15.8. The average Bonchev–Trinajstić information content (AvgIpc) is 2.77. The third-order valence-electron chi connectivity index (χ3n) is 5.24. The summed E-state index contributed by atoms with van der Waals surface area (Å²) in [5.74, 6) is -0.00318. The standard InChI is InChI=1S/C23H21Cl2N3O/c24-20-9-6-18(7-10-20)22(17-4-2-1-3-5-17)27-12-14-28(15-13-27)23(29)19-8-11-21(25)26-16-19/h1-11,16,22H,12-15H2. The molecule has 1 fully saturated rings. The molecule has 2 heterocycles. The molecule has 1 atom stereocenters. The van der Waals surface area contributed by atoms with E-state index in [0.717, 1.165) is 18.1 Å². The van der Waals surface area contributed by atoms with Gasteiger partial charge in [-0.15, -0.1) is 0 Å². The van der Waals surface area contributed by atoms with Crippen LogP contribution in [0.25, 0.3) is 0 Å². The van der Waals surface area contributed by atoms with Gasteiger partial charge < -0.3 is 4.90 Å². The van der Waals surface area contributed by atoms with Crippen LogP contribution in [0, 0.1) is 0 Å². The fraction of sp³-hybridized carbons (Fsp3) is 0.217. The molecule has 1 amide bonds. The van der Waals surface area contributed by atoms with Crippen molar-refractivity contribution in [3.63, 3.8) is 0 Å². The van der Waals surface area contributed by atoms with Gasteiger partial charge in [0.2, 0.25) is 0 Å². The zero-order chi connectivity index (χ0) is 20.2. The maximum Gasteiger partial charge on any atom is 0.255 e. The summed E-state index contributed by atoms with van der Waals surface area (Å²) >= 11 is 11.9. The minimum atomic E-state index is -0.00318. The second-order valence-corrected chi connectivity index (χ2v) is 7.89. The largest absolute Gasteiger partial charge is 0.336 e. The van der Waals surface area contributed by atoms with Gasteiger partial charge in [0.25, 0.3) is 5.91 Å². The van der Waals surface area contributed by atoms with Crippen molar-refractivity contribution in [2.24, 2.45) is 0 Å². The Hall–Kier alpha value is -2.40. The van der Waals surface area contributed by atoms with Crippen molar-refractivity contribution in [3.8, 4) is 0 Å². The van der Waals surface area contributed by atoms with Crippen LogP contribution in [0.15, 0.2) is 72.9 Å². The topological polar surface area (TPSA) is 36.4 Å². The van der Waals surface area contributed by atoms with E-state index in [2.05, 4.69) is 46.3 Å². The van der Waals surface area contributed by atoms with Gasteiger partial charge >= 0.3 is 0 Å². The van der Waals surface area contributed by atoms with Crippen LogP contribution in [0.2, 0.25) is 10.2 Å². The van der Waals surface area contributed by atoms with Crippen molar-refractivity contribution in [3.05, 3.63) is 99.8 Å². The summed E-state index contributed by atoms with van der Waals surface area (Å²) in [4.78, 5) is 21.1. The van der Waals surface area contributed by atoms with Crippen LogP contribution in [0.3, 0.4) is 0 Å². The third kappa shape index (κ3) is 4.61. The van der Waals surface area contributed by atoms with Crippen LogP contribution in [-0.2, 0) is 0 Å². The van der Waals surface area contributed by atoms with Gasteiger partial charge in [-0.05, 0) is 35.4 Å².